The van der Waals surface area contributed by atoms with Crippen LogP contribution in [0, 0.1) is 6.92 Å². The van der Waals surface area contributed by atoms with Crippen molar-refractivity contribution < 1.29 is 18.3 Å². The monoisotopic (exact) mass is 308 g/mol. The first kappa shape index (κ1) is 15.9. The van der Waals surface area contributed by atoms with Crippen LogP contribution in [0.1, 0.15) is 32.4 Å². The standard InChI is InChI=1S/C10H16N2O5S2/c1-6-8(18-9(15)11-6)19(16,17)12-10(2,3)5-4-7(13)14/h12H,4-5H2,1-3H3,(H,11,15)(H,13,14). The molecule has 1 aromatic rings. The van der Waals surface area contributed by atoms with Crippen molar-refractivity contribution >= 4 is 27.3 Å². The molecule has 0 aromatic carbocycles. The molecule has 0 saturated carbocycles. The first-order valence-corrected chi connectivity index (χ1v) is 7.79. The largest absolute Gasteiger partial charge is 0.481 e. The number of aromatic nitrogens is 1. The molecule has 0 aliphatic heterocycles. The summed E-state index contributed by atoms with van der Waals surface area (Å²) in [7, 11) is -3.83. The van der Waals surface area contributed by atoms with E-state index in [-0.39, 0.29) is 22.7 Å². The molecule has 0 radical (unpaired) electrons. The highest BCUT2D eigenvalue weighted by atomic mass is 32.2. The van der Waals surface area contributed by atoms with E-state index in [0.29, 0.717) is 11.3 Å². The van der Waals surface area contributed by atoms with Gasteiger partial charge >= 0.3 is 10.8 Å². The van der Waals surface area contributed by atoms with Crippen LogP contribution in [0.5, 0.6) is 0 Å². The highest BCUT2D eigenvalue weighted by Crippen LogP contribution is 2.20. The Morgan fingerprint density at radius 1 is 1.47 bits per heavy atom. The van der Waals surface area contributed by atoms with E-state index in [2.05, 4.69) is 9.71 Å². The highest BCUT2D eigenvalue weighted by molar-refractivity contribution is 7.91. The topological polar surface area (TPSA) is 116 Å². The Balaban J connectivity index is 2.94. The van der Waals surface area contributed by atoms with Gasteiger partial charge in [0.1, 0.15) is 0 Å². The summed E-state index contributed by atoms with van der Waals surface area (Å²) in [5, 5.41) is 8.62. The molecule has 0 aliphatic rings. The van der Waals surface area contributed by atoms with E-state index in [1.165, 1.54) is 6.92 Å². The van der Waals surface area contributed by atoms with Crippen LogP contribution in [0.4, 0.5) is 0 Å². The van der Waals surface area contributed by atoms with Gasteiger partial charge in [-0.25, -0.2) is 13.1 Å². The number of rotatable bonds is 6. The number of thiazole rings is 1. The zero-order chi connectivity index (χ0) is 14.8. The molecule has 1 heterocycles. The first-order chi connectivity index (χ1) is 8.53. The number of carboxylic acid groups (broad SMARTS) is 1. The van der Waals surface area contributed by atoms with E-state index in [4.69, 9.17) is 5.11 Å². The molecule has 0 spiro atoms. The third-order valence-electron chi connectivity index (χ3n) is 2.40. The Morgan fingerprint density at radius 3 is 2.47 bits per heavy atom. The highest BCUT2D eigenvalue weighted by Gasteiger charge is 2.29. The Labute approximate surface area is 114 Å². The van der Waals surface area contributed by atoms with Gasteiger partial charge in [-0.2, -0.15) is 0 Å². The average molecular weight is 308 g/mol. The van der Waals surface area contributed by atoms with Crippen molar-refractivity contribution in [3.05, 3.63) is 15.4 Å². The minimum Gasteiger partial charge on any atom is -0.481 e. The predicted octanol–water partition coefficient (Wildman–Crippen LogP) is 0.667. The van der Waals surface area contributed by atoms with Crippen LogP contribution in [0.3, 0.4) is 0 Å². The van der Waals surface area contributed by atoms with E-state index in [9.17, 15) is 18.0 Å². The van der Waals surface area contributed by atoms with E-state index < -0.39 is 26.4 Å². The van der Waals surface area contributed by atoms with Crippen LogP contribution in [-0.4, -0.2) is 30.0 Å². The van der Waals surface area contributed by atoms with Gasteiger partial charge in [0.25, 0.3) is 10.0 Å². The predicted molar refractivity (Wildman–Crippen MR) is 70.9 cm³/mol. The Morgan fingerprint density at radius 2 is 2.05 bits per heavy atom. The smallest absolute Gasteiger partial charge is 0.305 e. The van der Waals surface area contributed by atoms with Crippen molar-refractivity contribution in [3.8, 4) is 0 Å². The summed E-state index contributed by atoms with van der Waals surface area (Å²) in [6.45, 7) is 4.69. The normalized spacial score (nSPS) is 12.6. The number of hydrogen-bond acceptors (Lipinski definition) is 5. The number of carbonyl (C=O) groups is 1. The van der Waals surface area contributed by atoms with Crippen LogP contribution in [0.25, 0.3) is 0 Å². The lowest BCUT2D eigenvalue weighted by molar-refractivity contribution is -0.137. The third-order valence-corrected chi connectivity index (χ3v) is 5.70. The number of hydrogen-bond donors (Lipinski definition) is 3. The molecule has 0 atom stereocenters. The molecule has 0 bridgehead atoms. The molecule has 7 nitrogen and oxygen atoms in total. The van der Waals surface area contributed by atoms with Gasteiger partial charge in [-0.3, -0.25) is 9.59 Å². The third kappa shape index (κ3) is 4.44. The summed E-state index contributed by atoms with van der Waals surface area (Å²) in [5.74, 6) is -0.991. The molecule has 0 saturated heterocycles. The summed E-state index contributed by atoms with van der Waals surface area (Å²) in [6, 6.07) is 0. The number of H-pyrrole nitrogens is 1. The molecular weight excluding hydrogens is 292 g/mol. The van der Waals surface area contributed by atoms with Gasteiger partial charge in [0.05, 0.1) is 0 Å². The van der Waals surface area contributed by atoms with Gasteiger partial charge in [0.2, 0.25) is 0 Å². The molecule has 0 fully saturated rings. The van der Waals surface area contributed by atoms with Crippen LogP contribution < -0.4 is 9.60 Å². The molecule has 3 N–H and O–H groups in total. The van der Waals surface area contributed by atoms with Crippen LogP contribution in [0.2, 0.25) is 0 Å². The fourth-order valence-corrected chi connectivity index (χ4v) is 4.27. The van der Waals surface area contributed by atoms with E-state index in [0.717, 1.165) is 0 Å². The maximum absolute atomic E-state index is 12.1. The molecule has 1 rings (SSSR count). The Kier molecular flexibility index (Phi) is 4.54. The van der Waals surface area contributed by atoms with Crippen molar-refractivity contribution in [2.45, 2.75) is 43.4 Å². The Hall–Kier alpha value is -1.19. The average Bonchev–Trinajstić information content (AvgIpc) is 2.54. The fourth-order valence-electron chi connectivity index (χ4n) is 1.53. The first-order valence-electron chi connectivity index (χ1n) is 5.49. The molecular formula is C10H16N2O5S2. The van der Waals surface area contributed by atoms with E-state index >= 15 is 0 Å². The number of aliphatic carboxylic acids is 1. The van der Waals surface area contributed by atoms with Crippen molar-refractivity contribution in [3.63, 3.8) is 0 Å². The van der Waals surface area contributed by atoms with Crippen LogP contribution in [0.15, 0.2) is 9.00 Å². The van der Waals surface area contributed by atoms with E-state index in [1.54, 1.807) is 13.8 Å². The molecule has 0 aliphatic carbocycles. The van der Waals surface area contributed by atoms with Crippen LogP contribution in [-0.2, 0) is 14.8 Å². The van der Waals surface area contributed by atoms with Gasteiger partial charge in [-0.05, 0) is 27.2 Å². The lowest BCUT2D eigenvalue weighted by Crippen LogP contribution is -2.43. The second-order valence-corrected chi connectivity index (χ2v) is 7.67. The molecule has 108 valence electrons. The lowest BCUT2D eigenvalue weighted by atomic mass is 10.0. The van der Waals surface area contributed by atoms with Gasteiger partial charge in [-0.1, -0.05) is 11.3 Å². The minimum atomic E-state index is -3.83. The minimum absolute atomic E-state index is 0.0686. The second-order valence-electron chi connectivity index (χ2n) is 4.81. The summed E-state index contributed by atoms with van der Waals surface area (Å²) in [4.78, 5) is 23.6. The summed E-state index contributed by atoms with van der Waals surface area (Å²) >= 11 is 0.608. The maximum atomic E-state index is 12.1. The van der Waals surface area contributed by atoms with Crippen molar-refractivity contribution in [2.24, 2.45) is 0 Å². The summed E-state index contributed by atoms with van der Waals surface area (Å²) < 4.78 is 26.6. The summed E-state index contributed by atoms with van der Waals surface area (Å²) in [6.07, 6.45) is 0.0117. The van der Waals surface area contributed by atoms with Gasteiger partial charge < -0.3 is 10.1 Å². The molecule has 19 heavy (non-hydrogen) atoms. The molecule has 0 unspecified atom stereocenters. The van der Waals surface area contributed by atoms with E-state index in [1.807, 2.05) is 0 Å². The molecule has 1 aromatic heterocycles. The van der Waals surface area contributed by atoms with Gasteiger partial charge in [0.15, 0.2) is 4.21 Å². The zero-order valence-corrected chi connectivity index (χ0v) is 12.4. The molecule has 0 amide bonds. The van der Waals surface area contributed by atoms with Crippen LogP contribution >= 0.6 is 11.3 Å². The van der Waals surface area contributed by atoms with Crippen molar-refractivity contribution in [1.29, 1.82) is 0 Å². The lowest BCUT2D eigenvalue weighted by Gasteiger charge is -2.24. The number of carboxylic acids is 1. The number of aryl methyl sites for hydroxylation is 1. The quantitative estimate of drug-likeness (QED) is 0.714. The zero-order valence-electron chi connectivity index (χ0n) is 10.8. The summed E-state index contributed by atoms with van der Waals surface area (Å²) in [5.41, 5.74) is -0.631. The van der Waals surface area contributed by atoms with Gasteiger partial charge in [0, 0.05) is 17.7 Å². The number of aromatic amines is 1. The SMILES string of the molecule is Cc1[nH]c(=O)sc1S(=O)(=O)NC(C)(C)CCC(=O)O. The number of sulfonamides is 1. The molecule has 9 heteroatoms. The van der Waals surface area contributed by atoms with Crippen molar-refractivity contribution in [2.75, 3.05) is 0 Å². The van der Waals surface area contributed by atoms with Gasteiger partial charge in [-0.15, -0.1) is 0 Å². The second kappa shape index (κ2) is 5.43. The van der Waals surface area contributed by atoms with Crippen molar-refractivity contribution in [1.82, 2.24) is 9.71 Å². The number of nitrogens with one attached hydrogen (secondary N) is 2. The maximum Gasteiger partial charge on any atom is 0.305 e. The fraction of sp³-hybridized carbons (Fsp3) is 0.600. The Bertz CT molecular complexity index is 627.